The second-order valence-corrected chi connectivity index (χ2v) is 9.37. The molecule has 1 aromatic heterocycles. The summed E-state index contributed by atoms with van der Waals surface area (Å²) < 4.78 is 17.1. The Hall–Kier alpha value is -4.03. The van der Waals surface area contributed by atoms with Crippen LogP contribution >= 0.6 is 0 Å². The van der Waals surface area contributed by atoms with Crippen LogP contribution in [0.25, 0.3) is 17.0 Å². The molecule has 0 saturated carbocycles. The Balaban J connectivity index is 1.80. The molecular formula is C28H28O11. The van der Waals surface area contributed by atoms with E-state index in [1.54, 1.807) is 19.1 Å². The van der Waals surface area contributed by atoms with Crippen LogP contribution < -0.4 is 5.43 Å². The second kappa shape index (κ2) is 11.4. The van der Waals surface area contributed by atoms with Crippen LogP contribution in [-0.4, -0.2) is 68.3 Å². The molecule has 4 rings (SSSR count). The molecule has 2 aromatic carbocycles. The summed E-state index contributed by atoms with van der Waals surface area (Å²) in [5.41, 5.74) is 0.107. The van der Waals surface area contributed by atoms with Gasteiger partial charge >= 0.3 is 5.97 Å². The first-order valence-corrected chi connectivity index (χ1v) is 12.1. The number of aliphatic hydroxyl groups excluding tert-OH is 3. The van der Waals surface area contributed by atoms with Gasteiger partial charge in [-0.15, -0.1) is 0 Å². The average Bonchev–Trinajstić information content (AvgIpc) is 2.86. The van der Waals surface area contributed by atoms with Crippen molar-refractivity contribution in [3.8, 4) is 11.5 Å². The summed E-state index contributed by atoms with van der Waals surface area (Å²) in [6.45, 7) is 2.16. The number of hydrogen-bond donors (Lipinski definition) is 5. The largest absolute Gasteiger partial charge is 0.508 e. The smallest absolute Gasteiger partial charge is 0.331 e. The molecule has 11 nitrogen and oxygen atoms in total. The average molecular weight is 541 g/mol. The lowest BCUT2D eigenvalue weighted by molar-refractivity contribution is -0.239. The van der Waals surface area contributed by atoms with Gasteiger partial charge in [-0.2, -0.15) is 0 Å². The molecule has 0 amide bonds. The van der Waals surface area contributed by atoms with Gasteiger partial charge in [-0.05, 0) is 49.2 Å². The first kappa shape index (κ1) is 28.0. The fraction of sp³-hybridized carbons (Fsp3) is 0.321. The third kappa shape index (κ3) is 5.86. The maximum absolute atomic E-state index is 13.0. The number of phenolic OH excluding ortho intramolecular Hbond substituents is 2. The zero-order chi connectivity index (χ0) is 28.4. The predicted octanol–water partition coefficient (Wildman–Crippen LogP) is 1.42. The maximum atomic E-state index is 13.0. The number of benzene rings is 2. The normalized spacial score (nSPS) is 23.3. The zero-order valence-electron chi connectivity index (χ0n) is 21.1. The monoisotopic (exact) mass is 540 g/mol. The number of aromatic hydroxyl groups is 2. The molecule has 39 heavy (non-hydrogen) atoms. The Kier molecular flexibility index (Phi) is 8.17. The lowest BCUT2D eigenvalue weighted by Crippen LogP contribution is -2.56. The SMILES string of the molecule is CC(=O)Cc1cc(=O)c2c(C)cc(O)c([C@@H]3O[C@H](CO)[C@@H](O)[C@H](O)[C@H]3OC(=O)/C=C\c3ccc(O)cc3)c2o1. The lowest BCUT2D eigenvalue weighted by atomic mass is 9.89. The van der Waals surface area contributed by atoms with Crippen LogP contribution in [0.4, 0.5) is 0 Å². The number of carbonyl (C=O) groups excluding carboxylic acids is 2. The van der Waals surface area contributed by atoms with Gasteiger partial charge in [-0.1, -0.05) is 12.1 Å². The van der Waals surface area contributed by atoms with Crippen molar-refractivity contribution < 1.29 is 49.0 Å². The summed E-state index contributed by atoms with van der Waals surface area (Å²) in [5, 5.41) is 51.6. The van der Waals surface area contributed by atoms with Crippen molar-refractivity contribution in [2.45, 2.75) is 50.8 Å². The minimum absolute atomic E-state index is 0.0201. The van der Waals surface area contributed by atoms with Gasteiger partial charge in [-0.25, -0.2) is 4.79 Å². The number of esters is 1. The molecule has 2 heterocycles. The molecule has 0 unspecified atom stereocenters. The first-order chi connectivity index (χ1) is 18.5. The number of ketones is 1. The summed E-state index contributed by atoms with van der Waals surface area (Å²) >= 11 is 0. The number of phenols is 2. The molecule has 5 atom stereocenters. The quantitative estimate of drug-likeness (QED) is 0.216. The van der Waals surface area contributed by atoms with Gasteiger partial charge in [0.05, 0.1) is 24.0 Å². The molecule has 0 aliphatic carbocycles. The van der Waals surface area contributed by atoms with Crippen LogP contribution in [0.15, 0.2) is 51.7 Å². The van der Waals surface area contributed by atoms with E-state index >= 15 is 0 Å². The van der Waals surface area contributed by atoms with E-state index in [4.69, 9.17) is 13.9 Å². The van der Waals surface area contributed by atoms with Crippen LogP contribution in [0.2, 0.25) is 0 Å². The number of carbonyl (C=O) groups is 2. The number of aryl methyl sites for hydroxylation is 1. The fourth-order valence-electron chi connectivity index (χ4n) is 4.56. The Morgan fingerprint density at radius 1 is 1.08 bits per heavy atom. The Bertz CT molecular complexity index is 1470. The molecule has 0 bridgehead atoms. The van der Waals surface area contributed by atoms with Gasteiger partial charge in [0.25, 0.3) is 0 Å². The molecule has 5 N–H and O–H groups in total. The van der Waals surface area contributed by atoms with E-state index in [0.29, 0.717) is 11.1 Å². The minimum Gasteiger partial charge on any atom is -0.508 e. The maximum Gasteiger partial charge on any atom is 0.331 e. The van der Waals surface area contributed by atoms with Gasteiger partial charge in [0.15, 0.2) is 11.5 Å². The number of Topliss-reactive ketones (excluding diaryl/α,β-unsaturated/α-hetero) is 1. The molecule has 1 aliphatic rings. The van der Waals surface area contributed by atoms with E-state index in [1.807, 2.05) is 0 Å². The molecule has 11 heteroatoms. The molecule has 1 fully saturated rings. The van der Waals surface area contributed by atoms with E-state index < -0.39 is 54.3 Å². The van der Waals surface area contributed by atoms with Crippen LogP contribution in [0.1, 0.15) is 35.5 Å². The van der Waals surface area contributed by atoms with E-state index in [-0.39, 0.29) is 40.2 Å². The van der Waals surface area contributed by atoms with E-state index in [2.05, 4.69) is 0 Å². The van der Waals surface area contributed by atoms with Crippen molar-refractivity contribution in [1.29, 1.82) is 0 Å². The third-order valence-corrected chi connectivity index (χ3v) is 6.40. The number of hydrogen-bond acceptors (Lipinski definition) is 11. The highest BCUT2D eigenvalue weighted by atomic mass is 16.6. The van der Waals surface area contributed by atoms with Crippen molar-refractivity contribution >= 4 is 28.8 Å². The van der Waals surface area contributed by atoms with E-state index in [0.717, 1.165) is 6.08 Å². The van der Waals surface area contributed by atoms with Gasteiger partial charge < -0.3 is 39.4 Å². The summed E-state index contributed by atoms with van der Waals surface area (Å²) in [6, 6.07) is 8.38. The van der Waals surface area contributed by atoms with Gasteiger partial charge in [0.2, 0.25) is 0 Å². The van der Waals surface area contributed by atoms with Crippen LogP contribution in [-0.2, 0) is 25.5 Å². The number of fused-ring (bicyclic) bond motifs is 1. The summed E-state index contributed by atoms with van der Waals surface area (Å²) in [5.74, 6) is -1.59. The number of aliphatic hydroxyl groups is 3. The van der Waals surface area contributed by atoms with Crippen LogP contribution in [0, 0.1) is 6.92 Å². The van der Waals surface area contributed by atoms with E-state index in [1.165, 1.54) is 37.3 Å². The van der Waals surface area contributed by atoms with Crippen molar-refractivity contribution in [3.05, 3.63) is 75.1 Å². The fourth-order valence-corrected chi connectivity index (χ4v) is 4.56. The summed E-state index contributed by atoms with van der Waals surface area (Å²) in [7, 11) is 0. The molecule has 3 aromatic rings. The molecule has 206 valence electrons. The molecule has 0 radical (unpaired) electrons. The van der Waals surface area contributed by atoms with Crippen molar-refractivity contribution in [2.75, 3.05) is 6.61 Å². The summed E-state index contributed by atoms with van der Waals surface area (Å²) in [6.07, 6.45) is -5.63. The highest BCUT2D eigenvalue weighted by Crippen LogP contribution is 2.42. The Morgan fingerprint density at radius 2 is 1.77 bits per heavy atom. The Labute approximate surface area is 222 Å². The van der Waals surface area contributed by atoms with Crippen molar-refractivity contribution in [1.82, 2.24) is 0 Å². The van der Waals surface area contributed by atoms with Gasteiger partial charge in [0.1, 0.15) is 53.0 Å². The van der Waals surface area contributed by atoms with Crippen LogP contribution in [0.3, 0.4) is 0 Å². The molecule has 0 spiro atoms. The van der Waals surface area contributed by atoms with Gasteiger partial charge in [-0.3, -0.25) is 9.59 Å². The standard InChI is InChI=1S/C28H28O11/c1-13-9-18(32)23(26-22(13)19(33)11-17(37-26)10-14(2)30)27-28(25(36)24(35)20(12-29)38-27)39-21(34)8-5-15-3-6-16(31)7-4-15/h3-9,11,20,24-25,27-29,31-32,35-36H,10,12H2,1-2H3/b8-5-/t20-,24-,25+,27+,28-/m1/s1. The highest BCUT2D eigenvalue weighted by Gasteiger charge is 2.48. The van der Waals surface area contributed by atoms with E-state index in [9.17, 15) is 39.9 Å². The molecule has 1 aliphatic heterocycles. The third-order valence-electron chi connectivity index (χ3n) is 6.40. The second-order valence-electron chi connectivity index (χ2n) is 9.37. The lowest BCUT2D eigenvalue weighted by Gasteiger charge is -2.42. The molecular weight excluding hydrogens is 512 g/mol. The predicted molar refractivity (Wildman–Crippen MR) is 137 cm³/mol. The van der Waals surface area contributed by atoms with Crippen LogP contribution in [0.5, 0.6) is 11.5 Å². The topological polar surface area (TPSA) is 184 Å². The highest BCUT2D eigenvalue weighted by molar-refractivity contribution is 5.88. The Morgan fingerprint density at radius 3 is 2.41 bits per heavy atom. The summed E-state index contributed by atoms with van der Waals surface area (Å²) in [4.78, 5) is 37.4. The van der Waals surface area contributed by atoms with Crippen molar-refractivity contribution in [3.63, 3.8) is 0 Å². The molecule has 1 saturated heterocycles. The number of ether oxygens (including phenoxy) is 2. The first-order valence-electron chi connectivity index (χ1n) is 12.1. The van der Waals surface area contributed by atoms with Gasteiger partial charge in [0, 0.05) is 12.1 Å². The number of rotatable bonds is 7. The van der Waals surface area contributed by atoms with Crippen molar-refractivity contribution in [2.24, 2.45) is 0 Å². The zero-order valence-corrected chi connectivity index (χ0v) is 21.1. The minimum atomic E-state index is -1.77.